The third kappa shape index (κ3) is 10.2. The highest BCUT2D eigenvalue weighted by Crippen LogP contribution is 2.55. The number of piperazine rings is 1. The first kappa shape index (κ1) is 42.9. The summed E-state index contributed by atoms with van der Waals surface area (Å²) in [6, 6.07) is 2.19. The molecule has 55 heavy (non-hydrogen) atoms. The van der Waals surface area contributed by atoms with Crippen LogP contribution >= 0.6 is 0 Å². The quantitative estimate of drug-likeness (QED) is 0.179. The predicted molar refractivity (Wildman–Crippen MR) is 235 cm³/mol. The van der Waals surface area contributed by atoms with Gasteiger partial charge in [0.1, 0.15) is 5.82 Å². The molecule has 5 aliphatic rings. The van der Waals surface area contributed by atoms with Crippen LogP contribution in [0.5, 0.6) is 0 Å². The van der Waals surface area contributed by atoms with Gasteiger partial charge in [0.05, 0.1) is 16.9 Å². The minimum Gasteiger partial charge on any atom is -0.373 e. The van der Waals surface area contributed by atoms with Crippen molar-refractivity contribution in [1.29, 1.82) is 5.41 Å². The molecule has 0 aromatic carbocycles. The Kier molecular flexibility index (Phi) is 13.6. The molecule has 1 atom stereocenters. The Labute approximate surface area is 337 Å². The summed E-state index contributed by atoms with van der Waals surface area (Å²) in [5.74, 6) is 2.40. The molecule has 3 saturated carbocycles. The Bertz CT molecular complexity index is 1570. The van der Waals surface area contributed by atoms with E-state index in [2.05, 4.69) is 107 Å². The van der Waals surface area contributed by atoms with Crippen molar-refractivity contribution >= 4 is 17.5 Å². The fourth-order valence-corrected chi connectivity index (χ4v) is 10.8. The monoisotopic (exact) mass is 752 g/mol. The van der Waals surface area contributed by atoms with Gasteiger partial charge in [0.2, 0.25) is 5.95 Å². The molecule has 0 bridgehead atoms. The number of terminal acetylenes is 1. The normalized spacial score (nSPS) is 22.8. The van der Waals surface area contributed by atoms with Gasteiger partial charge in [0, 0.05) is 63.3 Å². The zero-order valence-electron chi connectivity index (χ0n) is 36.5. The van der Waals surface area contributed by atoms with Crippen LogP contribution < -0.4 is 9.80 Å². The number of rotatable bonds is 11. The third-order valence-electron chi connectivity index (χ3n) is 13.4. The Morgan fingerprint density at radius 1 is 0.800 bits per heavy atom. The molecular weight excluding hydrogens is 675 g/mol. The van der Waals surface area contributed by atoms with Crippen LogP contribution in [0.25, 0.3) is 0 Å². The molecular formula is C48H77N7. The van der Waals surface area contributed by atoms with E-state index in [0.717, 1.165) is 95.4 Å². The molecule has 1 N–H and O–H groups in total. The molecule has 0 amide bonds. The lowest BCUT2D eigenvalue weighted by Crippen LogP contribution is -2.55. The second-order valence-corrected chi connectivity index (χ2v) is 20.3. The van der Waals surface area contributed by atoms with Crippen molar-refractivity contribution in [3.05, 3.63) is 47.5 Å². The molecule has 1 aromatic heterocycles. The zero-order chi connectivity index (χ0) is 40.2. The molecule has 6 rings (SSSR count). The molecule has 7 nitrogen and oxygen atoms in total. The highest BCUT2D eigenvalue weighted by molar-refractivity contribution is 6.10. The van der Waals surface area contributed by atoms with Gasteiger partial charge in [-0.1, -0.05) is 99.3 Å². The lowest BCUT2D eigenvalue weighted by Gasteiger charge is -2.46. The molecule has 5 fully saturated rings. The van der Waals surface area contributed by atoms with Crippen LogP contribution in [-0.4, -0.2) is 76.8 Å². The fourth-order valence-electron chi connectivity index (χ4n) is 10.8. The number of allylic oxidation sites excluding steroid dienone is 4. The van der Waals surface area contributed by atoms with E-state index in [1.165, 1.54) is 86.7 Å². The summed E-state index contributed by atoms with van der Waals surface area (Å²) in [5, 5.41) is 9.97. The maximum atomic E-state index is 9.97. The van der Waals surface area contributed by atoms with Gasteiger partial charge in [0.15, 0.2) is 0 Å². The summed E-state index contributed by atoms with van der Waals surface area (Å²) in [4.78, 5) is 20.8. The van der Waals surface area contributed by atoms with Crippen LogP contribution in [0.2, 0.25) is 0 Å². The third-order valence-corrected chi connectivity index (χ3v) is 13.4. The van der Waals surface area contributed by atoms with E-state index in [0.29, 0.717) is 17.0 Å². The van der Waals surface area contributed by atoms with Crippen LogP contribution in [0.1, 0.15) is 157 Å². The average Bonchev–Trinajstić information content (AvgIpc) is 3.82. The lowest BCUT2D eigenvalue weighted by atomic mass is 9.62. The van der Waals surface area contributed by atoms with Crippen molar-refractivity contribution in [1.82, 2.24) is 19.8 Å². The standard InChI is InChI=1S/C46H75N7.C2H2/c1-11-17-37(36(4)38-18-12-13-19-45(38)20-14-15-21-45)41(47)39-30-40(52-28-29-53(46(33-52)22-23-46)35(3)32-44(8,9)10)49-42(48-39)51-25-16-24-50(26-27-51)34(2)31-43(5,6)7;1-2/h30,38,47H,2-3,11-29,31-33H2,1,4-10H3;1-2H/b37-36+,47-41?;/t38-;/m1./s1. The van der Waals surface area contributed by atoms with Crippen LogP contribution in [0.15, 0.2) is 41.8 Å². The van der Waals surface area contributed by atoms with E-state index in [1.54, 1.807) is 0 Å². The van der Waals surface area contributed by atoms with Gasteiger partial charge in [0.25, 0.3) is 0 Å². The smallest absolute Gasteiger partial charge is 0.227 e. The van der Waals surface area contributed by atoms with E-state index in [4.69, 9.17) is 9.97 Å². The van der Waals surface area contributed by atoms with Crippen molar-refractivity contribution in [2.45, 2.75) is 157 Å². The van der Waals surface area contributed by atoms with Gasteiger partial charge in [-0.05, 0) is 98.9 Å². The van der Waals surface area contributed by atoms with Crippen LogP contribution in [0.4, 0.5) is 11.8 Å². The van der Waals surface area contributed by atoms with E-state index >= 15 is 0 Å². The van der Waals surface area contributed by atoms with Crippen LogP contribution in [-0.2, 0) is 0 Å². The molecule has 1 aromatic rings. The summed E-state index contributed by atoms with van der Waals surface area (Å²) in [5.41, 5.74) is 7.76. The zero-order valence-corrected chi connectivity index (χ0v) is 36.5. The van der Waals surface area contributed by atoms with Gasteiger partial charge in [-0.2, -0.15) is 4.98 Å². The molecule has 3 aliphatic carbocycles. The molecule has 304 valence electrons. The van der Waals surface area contributed by atoms with Crippen molar-refractivity contribution in [2.75, 3.05) is 55.6 Å². The van der Waals surface area contributed by atoms with Gasteiger partial charge in [-0.15, -0.1) is 12.8 Å². The minimum absolute atomic E-state index is 0.149. The Hall–Kier alpha value is -3.27. The topological polar surface area (TPSA) is 62.6 Å². The second kappa shape index (κ2) is 17.5. The molecule has 3 heterocycles. The van der Waals surface area contributed by atoms with E-state index in [1.807, 2.05) is 0 Å². The molecule has 0 unspecified atom stereocenters. The molecule has 2 saturated heterocycles. The first-order chi connectivity index (χ1) is 26.0. The van der Waals surface area contributed by atoms with Gasteiger partial charge in [-0.25, -0.2) is 4.98 Å². The number of anilines is 2. The Balaban J connectivity index is 0.00000285. The Morgan fingerprint density at radius 3 is 2.04 bits per heavy atom. The van der Waals surface area contributed by atoms with Gasteiger partial charge < -0.3 is 19.6 Å². The molecule has 2 aliphatic heterocycles. The van der Waals surface area contributed by atoms with Crippen molar-refractivity contribution in [3.8, 4) is 12.8 Å². The van der Waals surface area contributed by atoms with Gasteiger partial charge in [-0.3, -0.25) is 5.41 Å². The summed E-state index contributed by atoms with van der Waals surface area (Å²) >= 11 is 0. The number of hydrogen-bond acceptors (Lipinski definition) is 7. The van der Waals surface area contributed by atoms with E-state index < -0.39 is 0 Å². The summed E-state index contributed by atoms with van der Waals surface area (Å²) in [7, 11) is 0. The fraction of sp³-hybridized carbons (Fsp3) is 0.729. The molecule has 7 heteroatoms. The van der Waals surface area contributed by atoms with Gasteiger partial charge >= 0.3 is 0 Å². The van der Waals surface area contributed by atoms with Crippen LogP contribution in [0, 0.1) is 40.4 Å². The Morgan fingerprint density at radius 2 is 1.42 bits per heavy atom. The summed E-state index contributed by atoms with van der Waals surface area (Å²) in [6.45, 7) is 34.2. The first-order valence-electron chi connectivity index (χ1n) is 21.9. The highest BCUT2D eigenvalue weighted by atomic mass is 15.4. The molecule has 0 radical (unpaired) electrons. The predicted octanol–water partition coefficient (Wildman–Crippen LogP) is 11.0. The summed E-state index contributed by atoms with van der Waals surface area (Å²) < 4.78 is 0. The van der Waals surface area contributed by atoms with Crippen molar-refractivity contribution in [2.24, 2.45) is 22.2 Å². The van der Waals surface area contributed by atoms with E-state index in [-0.39, 0.29) is 16.4 Å². The number of aromatic nitrogens is 2. The number of nitrogens with one attached hydrogen (secondary N) is 1. The first-order valence-corrected chi connectivity index (χ1v) is 21.9. The van der Waals surface area contributed by atoms with E-state index in [9.17, 15) is 5.41 Å². The molecule has 2 spiro atoms. The highest BCUT2D eigenvalue weighted by Gasteiger charge is 2.52. The second-order valence-electron chi connectivity index (χ2n) is 20.3. The number of hydrogen-bond donors (Lipinski definition) is 1. The average molecular weight is 752 g/mol. The van der Waals surface area contributed by atoms with Crippen molar-refractivity contribution in [3.63, 3.8) is 0 Å². The largest absolute Gasteiger partial charge is 0.373 e. The minimum atomic E-state index is 0.149. The maximum Gasteiger partial charge on any atom is 0.227 e. The number of nitrogens with zero attached hydrogens (tertiary/aromatic N) is 6. The van der Waals surface area contributed by atoms with Crippen LogP contribution in [0.3, 0.4) is 0 Å². The lowest BCUT2D eigenvalue weighted by molar-refractivity contribution is 0.127. The van der Waals surface area contributed by atoms with Crippen molar-refractivity contribution < 1.29 is 0 Å². The maximum absolute atomic E-state index is 9.97. The summed E-state index contributed by atoms with van der Waals surface area (Å²) in [6.07, 6.45) is 26.3. The SMILES string of the molecule is C#C.C=C(CC(C)(C)C)N1CCCN(c2nc(C(=N)/C(CCC)=C(\C)[C@H]3CCCCC34CCCC4)cc(N3CCN(C(=C)CC(C)(C)C)C4(CC4)C3)n2)CC1.